The van der Waals surface area contributed by atoms with Crippen LogP contribution in [-0.4, -0.2) is 16.1 Å². The Balaban J connectivity index is 2.17. The first-order valence-corrected chi connectivity index (χ1v) is 4.95. The predicted molar refractivity (Wildman–Crippen MR) is 52.5 cm³/mol. The highest BCUT2D eigenvalue weighted by Crippen LogP contribution is 2.46. The number of nitrogens with two attached hydrogens (primary N) is 1. The molecule has 1 aliphatic rings. The van der Waals surface area contributed by atoms with E-state index in [4.69, 9.17) is 5.73 Å². The number of hydrogen-bond donors (Lipinski definition) is 1. The molecule has 2 N–H and O–H groups in total. The van der Waals surface area contributed by atoms with Crippen LogP contribution in [-0.2, 0) is 0 Å². The van der Waals surface area contributed by atoms with E-state index in [9.17, 15) is 0 Å². The second-order valence-electron chi connectivity index (χ2n) is 4.16. The Labute approximate surface area is 79.0 Å². The van der Waals surface area contributed by atoms with Gasteiger partial charge in [0.15, 0.2) is 0 Å². The van der Waals surface area contributed by atoms with Crippen LogP contribution < -0.4 is 5.73 Å². The summed E-state index contributed by atoms with van der Waals surface area (Å²) in [6, 6.07) is 0.511. The van der Waals surface area contributed by atoms with Gasteiger partial charge < -0.3 is 10.3 Å². The summed E-state index contributed by atoms with van der Waals surface area (Å²) in [7, 11) is 0. The third-order valence-electron chi connectivity index (χ3n) is 2.86. The monoisotopic (exact) mass is 179 g/mol. The van der Waals surface area contributed by atoms with Crippen LogP contribution in [0.4, 0.5) is 0 Å². The molecule has 1 aromatic rings. The molecule has 72 valence electrons. The van der Waals surface area contributed by atoms with E-state index in [0.29, 0.717) is 17.9 Å². The maximum atomic E-state index is 5.63. The lowest BCUT2D eigenvalue weighted by Crippen LogP contribution is -2.06. The molecule has 0 saturated heterocycles. The van der Waals surface area contributed by atoms with Crippen molar-refractivity contribution in [2.45, 2.75) is 32.2 Å². The average molecular weight is 179 g/mol. The summed E-state index contributed by atoms with van der Waals surface area (Å²) in [4.78, 5) is 4.20. The largest absolute Gasteiger partial charge is 0.332 e. The zero-order valence-corrected chi connectivity index (χ0v) is 8.27. The van der Waals surface area contributed by atoms with Gasteiger partial charge in [-0.15, -0.1) is 0 Å². The molecule has 1 saturated carbocycles. The highest BCUT2D eigenvalue weighted by Gasteiger charge is 2.39. The average Bonchev–Trinajstić information content (AvgIpc) is 2.72. The van der Waals surface area contributed by atoms with Crippen LogP contribution in [0.2, 0.25) is 0 Å². The second kappa shape index (κ2) is 3.14. The van der Waals surface area contributed by atoms with Crippen LogP contribution >= 0.6 is 0 Å². The van der Waals surface area contributed by atoms with E-state index in [1.807, 2.05) is 12.5 Å². The van der Waals surface area contributed by atoms with Crippen molar-refractivity contribution in [3.8, 4) is 0 Å². The van der Waals surface area contributed by atoms with E-state index in [0.717, 1.165) is 6.54 Å². The van der Waals surface area contributed by atoms with Crippen LogP contribution in [0.3, 0.4) is 0 Å². The minimum absolute atomic E-state index is 0.511. The molecule has 1 heterocycles. The number of rotatable bonds is 3. The van der Waals surface area contributed by atoms with Crippen LogP contribution in [0.1, 0.15) is 37.9 Å². The molecule has 2 rings (SSSR count). The SMILES string of the molecule is CC(C)n1cncc1C1CC1CN. The highest BCUT2D eigenvalue weighted by molar-refractivity contribution is 5.17. The standard InChI is InChI=1S/C10H17N3/c1-7(2)13-6-12-5-10(13)9-3-8(9)4-11/h5-9H,3-4,11H2,1-2H3. The Morgan fingerprint density at radius 1 is 1.69 bits per heavy atom. The zero-order chi connectivity index (χ0) is 9.42. The van der Waals surface area contributed by atoms with E-state index in [1.165, 1.54) is 12.1 Å². The second-order valence-corrected chi connectivity index (χ2v) is 4.16. The van der Waals surface area contributed by atoms with Gasteiger partial charge in [-0.05, 0) is 32.7 Å². The molecule has 1 fully saturated rings. The molecular formula is C10H17N3. The molecule has 1 aliphatic carbocycles. The Morgan fingerprint density at radius 3 is 3.00 bits per heavy atom. The van der Waals surface area contributed by atoms with Gasteiger partial charge in [-0.1, -0.05) is 0 Å². The number of hydrogen-bond acceptors (Lipinski definition) is 2. The fourth-order valence-electron chi connectivity index (χ4n) is 1.90. The Morgan fingerprint density at radius 2 is 2.46 bits per heavy atom. The summed E-state index contributed by atoms with van der Waals surface area (Å²) in [5.74, 6) is 1.38. The lowest BCUT2D eigenvalue weighted by Gasteiger charge is -2.10. The molecule has 0 aliphatic heterocycles. The van der Waals surface area contributed by atoms with E-state index in [1.54, 1.807) is 0 Å². The number of aromatic nitrogens is 2. The van der Waals surface area contributed by atoms with Gasteiger partial charge in [0.1, 0.15) is 0 Å². The smallest absolute Gasteiger partial charge is 0.0950 e. The van der Waals surface area contributed by atoms with Crippen LogP contribution in [0.15, 0.2) is 12.5 Å². The molecule has 0 aromatic carbocycles. The predicted octanol–water partition coefficient (Wildman–Crippen LogP) is 1.53. The number of nitrogens with zero attached hydrogens (tertiary/aromatic N) is 2. The zero-order valence-electron chi connectivity index (χ0n) is 8.27. The molecule has 1 aromatic heterocycles. The maximum Gasteiger partial charge on any atom is 0.0950 e. The van der Waals surface area contributed by atoms with Crippen LogP contribution in [0, 0.1) is 5.92 Å². The van der Waals surface area contributed by atoms with E-state index in [-0.39, 0.29) is 0 Å². The van der Waals surface area contributed by atoms with Gasteiger partial charge in [-0.25, -0.2) is 4.98 Å². The van der Waals surface area contributed by atoms with Gasteiger partial charge in [0, 0.05) is 23.9 Å². The Kier molecular flexibility index (Phi) is 2.12. The first-order valence-electron chi connectivity index (χ1n) is 4.95. The van der Waals surface area contributed by atoms with E-state index < -0.39 is 0 Å². The molecule has 0 spiro atoms. The van der Waals surface area contributed by atoms with E-state index in [2.05, 4.69) is 23.4 Å². The van der Waals surface area contributed by atoms with Crippen molar-refractivity contribution in [2.24, 2.45) is 11.7 Å². The minimum Gasteiger partial charge on any atom is -0.332 e. The van der Waals surface area contributed by atoms with Crippen molar-refractivity contribution < 1.29 is 0 Å². The molecular weight excluding hydrogens is 162 g/mol. The fourth-order valence-corrected chi connectivity index (χ4v) is 1.90. The van der Waals surface area contributed by atoms with Crippen molar-refractivity contribution in [3.05, 3.63) is 18.2 Å². The summed E-state index contributed by atoms with van der Waals surface area (Å²) < 4.78 is 2.25. The normalized spacial score (nSPS) is 26.8. The molecule has 0 amide bonds. The van der Waals surface area contributed by atoms with E-state index >= 15 is 0 Å². The lowest BCUT2D eigenvalue weighted by molar-refractivity contribution is 0.569. The van der Waals surface area contributed by atoms with Crippen LogP contribution in [0.5, 0.6) is 0 Å². The summed E-state index contributed by atoms with van der Waals surface area (Å²) in [6.07, 6.45) is 5.15. The first kappa shape index (κ1) is 8.75. The summed E-state index contributed by atoms with van der Waals surface area (Å²) >= 11 is 0. The molecule has 13 heavy (non-hydrogen) atoms. The van der Waals surface area contributed by atoms with Gasteiger partial charge in [-0.2, -0.15) is 0 Å². The first-order chi connectivity index (χ1) is 6.24. The topological polar surface area (TPSA) is 43.8 Å². The van der Waals surface area contributed by atoms with Crippen LogP contribution in [0.25, 0.3) is 0 Å². The van der Waals surface area contributed by atoms with Crippen molar-refractivity contribution in [1.82, 2.24) is 9.55 Å². The van der Waals surface area contributed by atoms with Crippen molar-refractivity contribution >= 4 is 0 Å². The molecule has 0 radical (unpaired) electrons. The van der Waals surface area contributed by atoms with Gasteiger partial charge >= 0.3 is 0 Å². The summed E-state index contributed by atoms with van der Waals surface area (Å²) in [6.45, 7) is 5.18. The van der Waals surface area contributed by atoms with Gasteiger partial charge in [0.2, 0.25) is 0 Å². The quantitative estimate of drug-likeness (QED) is 0.764. The number of imidazole rings is 1. The maximum absolute atomic E-state index is 5.63. The summed E-state index contributed by atoms with van der Waals surface area (Å²) in [5.41, 5.74) is 6.99. The molecule has 0 bridgehead atoms. The molecule has 2 unspecified atom stereocenters. The molecule has 3 nitrogen and oxygen atoms in total. The van der Waals surface area contributed by atoms with Crippen molar-refractivity contribution in [2.75, 3.05) is 6.54 Å². The minimum atomic E-state index is 0.511. The van der Waals surface area contributed by atoms with Crippen molar-refractivity contribution in [3.63, 3.8) is 0 Å². The third kappa shape index (κ3) is 1.48. The summed E-state index contributed by atoms with van der Waals surface area (Å²) in [5, 5.41) is 0. The van der Waals surface area contributed by atoms with Gasteiger partial charge in [0.05, 0.1) is 6.33 Å². The Bertz CT molecular complexity index is 290. The van der Waals surface area contributed by atoms with Crippen molar-refractivity contribution in [1.29, 1.82) is 0 Å². The lowest BCUT2D eigenvalue weighted by atomic mass is 10.2. The van der Waals surface area contributed by atoms with Gasteiger partial charge in [0.25, 0.3) is 0 Å². The fraction of sp³-hybridized carbons (Fsp3) is 0.700. The Hall–Kier alpha value is -0.830. The highest BCUT2D eigenvalue weighted by atomic mass is 15.1. The molecule has 2 atom stereocenters. The third-order valence-corrected chi connectivity index (χ3v) is 2.86. The molecule has 3 heteroatoms. The van der Waals surface area contributed by atoms with Gasteiger partial charge in [-0.3, -0.25) is 0 Å².